The van der Waals surface area contributed by atoms with Gasteiger partial charge in [0, 0.05) is 24.1 Å². The van der Waals surface area contributed by atoms with E-state index in [1.807, 2.05) is 31.2 Å². The first kappa shape index (κ1) is 18.6. The molecule has 0 saturated carbocycles. The second-order valence-electron chi connectivity index (χ2n) is 5.53. The Morgan fingerprint density at radius 3 is 2.21 bits per heavy atom. The Labute approximate surface area is 150 Å². The minimum absolute atomic E-state index is 0.155. The molecular weight excluding hydrogens is 392 g/mol. The van der Waals surface area contributed by atoms with Gasteiger partial charge in [0.25, 0.3) is 5.91 Å². The zero-order valence-corrected chi connectivity index (χ0v) is 16.1. The number of rotatable bonds is 5. The monoisotopic (exact) mass is 410 g/mol. The van der Waals surface area contributed by atoms with Crippen LogP contribution >= 0.6 is 15.9 Å². The summed E-state index contributed by atoms with van der Waals surface area (Å²) >= 11 is 3.47. The van der Waals surface area contributed by atoms with E-state index in [9.17, 15) is 13.2 Å². The van der Waals surface area contributed by atoms with Crippen LogP contribution in [0.2, 0.25) is 0 Å². The molecule has 0 spiro atoms. The van der Waals surface area contributed by atoms with Gasteiger partial charge >= 0.3 is 0 Å². The lowest BCUT2D eigenvalue weighted by molar-refractivity contribution is 0.0939. The summed E-state index contributed by atoms with van der Waals surface area (Å²) in [5.41, 5.74) is 1.38. The zero-order chi connectivity index (χ0) is 17.9. The molecule has 7 heteroatoms. The number of benzene rings is 2. The molecule has 2 rings (SSSR count). The number of nitrogens with zero attached hydrogens (tertiary/aromatic N) is 1. The Bertz CT molecular complexity index is 833. The van der Waals surface area contributed by atoms with Gasteiger partial charge in [-0.1, -0.05) is 34.1 Å². The van der Waals surface area contributed by atoms with E-state index in [0.717, 1.165) is 14.3 Å². The number of amides is 1. The minimum atomic E-state index is -3.50. The molecule has 0 saturated heterocycles. The Balaban J connectivity index is 2.15. The molecule has 0 radical (unpaired) electrons. The van der Waals surface area contributed by atoms with Gasteiger partial charge < -0.3 is 5.32 Å². The molecule has 2 aromatic rings. The van der Waals surface area contributed by atoms with Gasteiger partial charge in [0.05, 0.1) is 10.9 Å². The van der Waals surface area contributed by atoms with E-state index in [1.165, 1.54) is 38.4 Å². The van der Waals surface area contributed by atoms with Crippen LogP contribution in [0.3, 0.4) is 0 Å². The molecule has 0 aliphatic carbocycles. The number of carbonyl (C=O) groups is 1. The van der Waals surface area contributed by atoms with E-state index in [-0.39, 0.29) is 16.8 Å². The molecule has 0 aromatic heterocycles. The molecule has 1 N–H and O–H groups in total. The molecular formula is C17H19BrN2O3S. The Hall–Kier alpha value is -1.70. The van der Waals surface area contributed by atoms with Crippen LogP contribution in [0.15, 0.2) is 57.9 Å². The predicted molar refractivity (Wildman–Crippen MR) is 97.3 cm³/mol. The van der Waals surface area contributed by atoms with Crippen molar-refractivity contribution in [3.8, 4) is 0 Å². The summed E-state index contributed by atoms with van der Waals surface area (Å²) in [7, 11) is -0.560. The second kappa shape index (κ2) is 7.46. The first-order chi connectivity index (χ1) is 11.2. The molecule has 2 aromatic carbocycles. The Kier molecular flexibility index (Phi) is 5.79. The highest BCUT2D eigenvalue weighted by molar-refractivity contribution is 9.10. The summed E-state index contributed by atoms with van der Waals surface area (Å²) in [6.45, 7) is 1.89. The standard InChI is InChI=1S/C17H19BrN2O3S/c1-12(15-6-4-5-7-16(15)18)19-17(21)13-8-10-14(11-9-13)24(22,23)20(2)3/h4-12H,1-3H3,(H,19,21)/t12-/m1/s1. The first-order valence-corrected chi connectivity index (χ1v) is 9.54. The number of hydrogen-bond donors (Lipinski definition) is 1. The third-order valence-corrected chi connectivity index (χ3v) is 6.17. The number of hydrogen-bond acceptors (Lipinski definition) is 3. The van der Waals surface area contributed by atoms with Crippen molar-refractivity contribution in [1.29, 1.82) is 0 Å². The van der Waals surface area contributed by atoms with Gasteiger partial charge in [0.15, 0.2) is 0 Å². The quantitative estimate of drug-likeness (QED) is 0.822. The van der Waals surface area contributed by atoms with E-state index in [1.54, 1.807) is 0 Å². The van der Waals surface area contributed by atoms with Gasteiger partial charge in [-0.25, -0.2) is 12.7 Å². The van der Waals surface area contributed by atoms with Crippen LogP contribution < -0.4 is 5.32 Å². The Morgan fingerprint density at radius 1 is 1.08 bits per heavy atom. The van der Waals surface area contributed by atoms with Crippen molar-refractivity contribution in [2.45, 2.75) is 17.9 Å². The van der Waals surface area contributed by atoms with Crippen LogP contribution in [0.1, 0.15) is 28.9 Å². The summed E-state index contributed by atoms with van der Waals surface area (Å²) in [5, 5.41) is 2.91. The van der Waals surface area contributed by atoms with Gasteiger partial charge in [0.2, 0.25) is 10.0 Å². The highest BCUT2D eigenvalue weighted by Gasteiger charge is 2.18. The number of sulfonamides is 1. The maximum atomic E-state index is 12.3. The van der Waals surface area contributed by atoms with E-state index >= 15 is 0 Å². The molecule has 0 bridgehead atoms. The summed E-state index contributed by atoms with van der Waals surface area (Å²) in [5.74, 6) is -0.257. The van der Waals surface area contributed by atoms with Crippen LogP contribution in [0.4, 0.5) is 0 Å². The SMILES string of the molecule is C[C@@H](NC(=O)c1ccc(S(=O)(=O)N(C)C)cc1)c1ccccc1Br. The van der Waals surface area contributed by atoms with Crippen LogP contribution in [-0.4, -0.2) is 32.7 Å². The summed E-state index contributed by atoms with van der Waals surface area (Å²) in [4.78, 5) is 12.5. The highest BCUT2D eigenvalue weighted by Crippen LogP contribution is 2.23. The number of halogens is 1. The van der Waals surface area contributed by atoms with E-state index < -0.39 is 10.0 Å². The molecule has 0 unspecified atom stereocenters. The van der Waals surface area contributed by atoms with Gasteiger partial charge in [-0.3, -0.25) is 4.79 Å². The fourth-order valence-electron chi connectivity index (χ4n) is 2.17. The van der Waals surface area contributed by atoms with Crippen molar-refractivity contribution in [3.63, 3.8) is 0 Å². The molecule has 1 atom stereocenters. The van der Waals surface area contributed by atoms with Gasteiger partial charge in [-0.15, -0.1) is 0 Å². The van der Waals surface area contributed by atoms with Crippen molar-refractivity contribution in [2.75, 3.05) is 14.1 Å². The van der Waals surface area contributed by atoms with Crippen LogP contribution in [0.5, 0.6) is 0 Å². The molecule has 1 amide bonds. The average Bonchev–Trinajstić information content (AvgIpc) is 2.55. The Morgan fingerprint density at radius 2 is 1.67 bits per heavy atom. The molecule has 0 fully saturated rings. The maximum absolute atomic E-state index is 12.3. The van der Waals surface area contributed by atoms with Crippen molar-refractivity contribution in [2.24, 2.45) is 0 Å². The highest BCUT2D eigenvalue weighted by atomic mass is 79.9. The number of carbonyl (C=O) groups excluding carboxylic acids is 1. The summed E-state index contributed by atoms with van der Waals surface area (Å²) in [6.07, 6.45) is 0. The molecule has 5 nitrogen and oxygen atoms in total. The average molecular weight is 411 g/mol. The van der Waals surface area contributed by atoms with Crippen molar-refractivity contribution in [1.82, 2.24) is 9.62 Å². The molecule has 0 heterocycles. The normalized spacial score (nSPS) is 12.9. The molecule has 0 aliphatic rings. The number of nitrogens with one attached hydrogen (secondary N) is 1. The predicted octanol–water partition coefficient (Wildman–Crippen LogP) is 3.19. The lowest BCUT2D eigenvalue weighted by atomic mass is 10.1. The summed E-state index contributed by atoms with van der Waals surface area (Å²) in [6, 6.07) is 13.4. The topological polar surface area (TPSA) is 66.5 Å². The molecule has 128 valence electrons. The maximum Gasteiger partial charge on any atom is 0.251 e. The van der Waals surface area contributed by atoms with Crippen molar-refractivity contribution < 1.29 is 13.2 Å². The van der Waals surface area contributed by atoms with Crippen LogP contribution in [0.25, 0.3) is 0 Å². The third kappa shape index (κ3) is 4.03. The van der Waals surface area contributed by atoms with E-state index in [2.05, 4.69) is 21.2 Å². The van der Waals surface area contributed by atoms with Crippen molar-refractivity contribution >= 4 is 31.9 Å². The third-order valence-electron chi connectivity index (χ3n) is 3.61. The van der Waals surface area contributed by atoms with Gasteiger partial charge in [-0.05, 0) is 42.8 Å². The lowest BCUT2D eigenvalue weighted by Crippen LogP contribution is -2.27. The largest absolute Gasteiger partial charge is 0.345 e. The van der Waals surface area contributed by atoms with Gasteiger partial charge in [-0.2, -0.15) is 0 Å². The second-order valence-corrected chi connectivity index (χ2v) is 8.53. The van der Waals surface area contributed by atoms with Crippen LogP contribution in [-0.2, 0) is 10.0 Å². The van der Waals surface area contributed by atoms with Crippen molar-refractivity contribution in [3.05, 3.63) is 64.1 Å². The summed E-state index contributed by atoms with van der Waals surface area (Å²) < 4.78 is 26.1. The van der Waals surface area contributed by atoms with Crippen LogP contribution in [0, 0.1) is 0 Å². The molecule has 24 heavy (non-hydrogen) atoms. The minimum Gasteiger partial charge on any atom is -0.345 e. The van der Waals surface area contributed by atoms with E-state index in [0.29, 0.717) is 5.56 Å². The fourth-order valence-corrected chi connectivity index (χ4v) is 3.70. The smallest absolute Gasteiger partial charge is 0.251 e. The van der Waals surface area contributed by atoms with E-state index in [4.69, 9.17) is 0 Å². The zero-order valence-electron chi connectivity index (χ0n) is 13.7. The van der Waals surface area contributed by atoms with Gasteiger partial charge in [0.1, 0.15) is 0 Å². The fraction of sp³-hybridized carbons (Fsp3) is 0.235. The first-order valence-electron chi connectivity index (χ1n) is 7.31. The lowest BCUT2D eigenvalue weighted by Gasteiger charge is -2.16. The molecule has 0 aliphatic heterocycles.